The molecule has 94 valence electrons. The molecule has 18 heavy (non-hydrogen) atoms. The van der Waals surface area contributed by atoms with E-state index in [0.717, 1.165) is 19.3 Å². The van der Waals surface area contributed by atoms with Crippen molar-refractivity contribution in [1.82, 2.24) is 0 Å². The molecule has 3 rings (SSSR count). The Morgan fingerprint density at radius 3 is 2.72 bits per heavy atom. The molecule has 1 aliphatic rings. The van der Waals surface area contributed by atoms with Crippen LogP contribution in [0.25, 0.3) is 10.8 Å². The fraction of sp³-hybridized carbons (Fsp3) is 0.375. The van der Waals surface area contributed by atoms with E-state index in [-0.39, 0.29) is 0 Å². The molecule has 0 radical (unpaired) electrons. The van der Waals surface area contributed by atoms with Gasteiger partial charge in [0.05, 0.1) is 12.7 Å². The van der Waals surface area contributed by atoms with E-state index in [0.29, 0.717) is 18.8 Å². The lowest BCUT2D eigenvalue weighted by Crippen LogP contribution is -2.17. The Labute approximate surface area is 108 Å². The average Bonchev–Trinajstić information content (AvgIpc) is 2.82. The first-order chi connectivity index (χ1) is 8.83. The van der Waals surface area contributed by atoms with E-state index in [2.05, 4.69) is 42.5 Å². The van der Waals surface area contributed by atoms with E-state index in [1.54, 1.807) is 0 Å². The van der Waals surface area contributed by atoms with Crippen LogP contribution in [0.15, 0.2) is 42.5 Å². The minimum Gasteiger partial charge on any atom is -0.373 e. The minimum absolute atomic E-state index is 0.336. The van der Waals surface area contributed by atoms with Gasteiger partial charge in [-0.1, -0.05) is 42.5 Å². The number of hydrogen-bond acceptors (Lipinski definition) is 2. The van der Waals surface area contributed by atoms with Gasteiger partial charge in [0.2, 0.25) is 0 Å². The van der Waals surface area contributed by atoms with Crippen molar-refractivity contribution in [3.63, 3.8) is 0 Å². The number of nitrogens with two attached hydrogens (primary N) is 1. The molecule has 2 N–H and O–H groups in total. The summed E-state index contributed by atoms with van der Waals surface area (Å²) in [5, 5.41) is 2.57. The van der Waals surface area contributed by atoms with Crippen LogP contribution in [0.2, 0.25) is 0 Å². The normalized spacial score (nSPS) is 23.6. The van der Waals surface area contributed by atoms with E-state index in [4.69, 9.17) is 10.5 Å². The highest BCUT2D eigenvalue weighted by atomic mass is 16.5. The van der Waals surface area contributed by atoms with Crippen LogP contribution in [-0.4, -0.2) is 12.1 Å². The molecule has 2 aromatic rings. The van der Waals surface area contributed by atoms with Gasteiger partial charge in [-0.2, -0.15) is 0 Å². The SMILES string of the molecule is NC1CCC(OCc2cccc3ccccc23)C1. The highest BCUT2D eigenvalue weighted by Crippen LogP contribution is 2.24. The lowest BCUT2D eigenvalue weighted by atomic mass is 10.1. The van der Waals surface area contributed by atoms with Crippen molar-refractivity contribution in [3.05, 3.63) is 48.0 Å². The van der Waals surface area contributed by atoms with Crippen LogP contribution in [0.4, 0.5) is 0 Å². The molecule has 0 spiro atoms. The zero-order chi connectivity index (χ0) is 12.4. The van der Waals surface area contributed by atoms with Crippen LogP contribution < -0.4 is 5.73 Å². The average molecular weight is 241 g/mol. The van der Waals surface area contributed by atoms with Gasteiger partial charge in [-0.25, -0.2) is 0 Å². The molecule has 1 saturated carbocycles. The van der Waals surface area contributed by atoms with Gasteiger partial charge in [0.25, 0.3) is 0 Å². The summed E-state index contributed by atoms with van der Waals surface area (Å²) in [7, 11) is 0. The molecule has 0 heterocycles. The molecule has 2 heteroatoms. The molecular formula is C16H19NO. The predicted octanol–water partition coefficient (Wildman–Crippen LogP) is 3.24. The summed E-state index contributed by atoms with van der Waals surface area (Å²) in [5.74, 6) is 0. The summed E-state index contributed by atoms with van der Waals surface area (Å²) in [5.41, 5.74) is 7.18. The van der Waals surface area contributed by atoms with Crippen molar-refractivity contribution in [2.24, 2.45) is 5.73 Å². The third kappa shape index (κ3) is 2.40. The molecule has 0 bridgehead atoms. The van der Waals surface area contributed by atoms with Crippen molar-refractivity contribution in [3.8, 4) is 0 Å². The molecule has 2 nitrogen and oxygen atoms in total. The molecule has 1 fully saturated rings. The summed E-state index contributed by atoms with van der Waals surface area (Å²) >= 11 is 0. The standard InChI is InChI=1S/C16H19NO/c17-14-8-9-15(10-14)18-11-13-6-3-5-12-4-1-2-7-16(12)13/h1-7,14-15H,8-11,17H2. The lowest BCUT2D eigenvalue weighted by molar-refractivity contribution is 0.0455. The van der Waals surface area contributed by atoms with Crippen molar-refractivity contribution < 1.29 is 4.74 Å². The zero-order valence-corrected chi connectivity index (χ0v) is 10.5. The summed E-state index contributed by atoms with van der Waals surface area (Å²) in [6.07, 6.45) is 3.55. The van der Waals surface area contributed by atoms with Gasteiger partial charge in [-0.15, -0.1) is 0 Å². The number of fused-ring (bicyclic) bond motifs is 1. The van der Waals surface area contributed by atoms with Gasteiger partial charge in [0, 0.05) is 6.04 Å². The van der Waals surface area contributed by atoms with E-state index < -0.39 is 0 Å². The Morgan fingerprint density at radius 2 is 1.89 bits per heavy atom. The smallest absolute Gasteiger partial charge is 0.0726 e. The molecule has 0 aromatic heterocycles. The first-order valence-corrected chi connectivity index (χ1v) is 6.67. The van der Waals surface area contributed by atoms with Crippen molar-refractivity contribution >= 4 is 10.8 Å². The van der Waals surface area contributed by atoms with Gasteiger partial charge in [0.15, 0.2) is 0 Å². The Kier molecular flexibility index (Phi) is 3.31. The summed E-state index contributed by atoms with van der Waals surface area (Å²) in [6.45, 7) is 0.693. The van der Waals surface area contributed by atoms with Gasteiger partial charge in [-0.3, -0.25) is 0 Å². The van der Waals surface area contributed by atoms with Crippen molar-refractivity contribution in [2.45, 2.75) is 38.0 Å². The van der Waals surface area contributed by atoms with Gasteiger partial charge >= 0.3 is 0 Å². The third-order valence-electron chi connectivity index (χ3n) is 3.78. The van der Waals surface area contributed by atoms with Crippen LogP contribution in [0, 0.1) is 0 Å². The lowest BCUT2D eigenvalue weighted by Gasteiger charge is -2.13. The highest BCUT2D eigenvalue weighted by molar-refractivity contribution is 5.85. The summed E-state index contributed by atoms with van der Waals surface area (Å²) in [4.78, 5) is 0. The summed E-state index contributed by atoms with van der Waals surface area (Å²) in [6, 6.07) is 15.2. The maximum Gasteiger partial charge on any atom is 0.0726 e. The van der Waals surface area contributed by atoms with Crippen molar-refractivity contribution in [2.75, 3.05) is 0 Å². The summed E-state index contributed by atoms with van der Waals surface area (Å²) < 4.78 is 5.99. The van der Waals surface area contributed by atoms with Gasteiger partial charge in [0.1, 0.15) is 0 Å². The monoisotopic (exact) mass is 241 g/mol. The third-order valence-corrected chi connectivity index (χ3v) is 3.78. The second-order valence-electron chi connectivity index (χ2n) is 5.14. The molecule has 0 amide bonds. The molecule has 0 aliphatic heterocycles. The van der Waals surface area contributed by atoms with E-state index >= 15 is 0 Å². The minimum atomic E-state index is 0.336. The fourth-order valence-electron chi connectivity index (χ4n) is 2.75. The highest BCUT2D eigenvalue weighted by Gasteiger charge is 2.22. The first-order valence-electron chi connectivity index (χ1n) is 6.67. The molecule has 2 unspecified atom stereocenters. The largest absolute Gasteiger partial charge is 0.373 e. The Balaban J connectivity index is 1.74. The number of hydrogen-bond donors (Lipinski definition) is 1. The van der Waals surface area contributed by atoms with Crippen LogP contribution >= 0.6 is 0 Å². The van der Waals surface area contributed by atoms with Crippen LogP contribution in [0.1, 0.15) is 24.8 Å². The second-order valence-corrected chi connectivity index (χ2v) is 5.14. The van der Waals surface area contributed by atoms with Crippen LogP contribution in [0.3, 0.4) is 0 Å². The predicted molar refractivity (Wildman–Crippen MR) is 74.4 cm³/mol. The number of ether oxygens (including phenoxy) is 1. The molecular weight excluding hydrogens is 222 g/mol. The molecule has 1 aliphatic carbocycles. The quantitative estimate of drug-likeness (QED) is 0.895. The van der Waals surface area contributed by atoms with Crippen LogP contribution in [0.5, 0.6) is 0 Å². The maximum absolute atomic E-state index is 5.99. The topological polar surface area (TPSA) is 35.2 Å². The zero-order valence-electron chi connectivity index (χ0n) is 10.5. The number of benzene rings is 2. The number of rotatable bonds is 3. The van der Waals surface area contributed by atoms with Crippen molar-refractivity contribution in [1.29, 1.82) is 0 Å². The molecule has 2 atom stereocenters. The first kappa shape index (κ1) is 11.7. The van der Waals surface area contributed by atoms with Gasteiger partial charge in [-0.05, 0) is 35.6 Å². The Hall–Kier alpha value is -1.38. The van der Waals surface area contributed by atoms with Gasteiger partial charge < -0.3 is 10.5 Å². The van der Waals surface area contributed by atoms with E-state index in [9.17, 15) is 0 Å². The Bertz CT molecular complexity index is 532. The van der Waals surface area contributed by atoms with E-state index in [1.165, 1.54) is 16.3 Å². The van der Waals surface area contributed by atoms with Crippen LogP contribution in [-0.2, 0) is 11.3 Å². The van der Waals surface area contributed by atoms with E-state index in [1.807, 2.05) is 0 Å². The second kappa shape index (κ2) is 5.09. The maximum atomic E-state index is 5.99. The Morgan fingerprint density at radius 1 is 1.06 bits per heavy atom. The molecule has 0 saturated heterocycles. The molecule has 2 aromatic carbocycles. The fourth-order valence-corrected chi connectivity index (χ4v) is 2.75.